The van der Waals surface area contributed by atoms with Crippen molar-refractivity contribution in [2.75, 3.05) is 45.2 Å². The van der Waals surface area contributed by atoms with Crippen molar-refractivity contribution < 1.29 is 4.79 Å². The number of amides is 1. The highest BCUT2D eigenvalue weighted by molar-refractivity contribution is 14.0. The molecule has 6 nitrogen and oxygen atoms in total. The minimum atomic E-state index is -0.0192. The molecule has 1 aliphatic heterocycles. The first-order chi connectivity index (χ1) is 12.1. The van der Waals surface area contributed by atoms with Gasteiger partial charge in [0.1, 0.15) is 6.54 Å². The third-order valence-electron chi connectivity index (χ3n) is 4.17. The van der Waals surface area contributed by atoms with E-state index < -0.39 is 0 Å². The van der Waals surface area contributed by atoms with Crippen LogP contribution in [-0.2, 0) is 4.79 Å². The third kappa shape index (κ3) is 7.23. The van der Waals surface area contributed by atoms with Gasteiger partial charge in [0.05, 0.1) is 0 Å². The van der Waals surface area contributed by atoms with E-state index in [0.29, 0.717) is 18.5 Å². The van der Waals surface area contributed by atoms with Gasteiger partial charge in [-0.3, -0.25) is 4.79 Å². The van der Waals surface area contributed by atoms with Crippen LogP contribution >= 0.6 is 24.0 Å². The number of likely N-dealkylation sites (N-methyl/N-ethyl adjacent to an activating group) is 1. The van der Waals surface area contributed by atoms with Crippen LogP contribution in [-0.4, -0.2) is 63.1 Å². The summed E-state index contributed by atoms with van der Waals surface area (Å²) in [5.74, 6) is 0.643. The highest BCUT2D eigenvalue weighted by Gasteiger charge is 2.21. The number of guanidine groups is 1. The monoisotopic (exact) mass is 471 g/mol. The average molecular weight is 471 g/mol. The van der Waals surface area contributed by atoms with Gasteiger partial charge in [0, 0.05) is 45.5 Å². The second-order valence-electron chi connectivity index (χ2n) is 6.39. The van der Waals surface area contributed by atoms with Gasteiger partial charge in [-0.15, -0.1) is 30.6 Å². The molecular formula is C19H30IN5O. The SMILES string of the molecule is C=CCNC(=NCC(=O)N(C)C)NC1CCCN(c2ccccc2)C1.I. The lowest BCUT2D eigenvalue weighted by atomic mass is 10.1. The smallest absolute Gasteiger partial charge is 0.243 e. The predicted molar refractivity (Wildman–Crippen MR) is 119 cm³/mol. The van der Waals surface area contributed by atoms with Crippen LogP contribution in [0, 0.1) is 0 Å². The number of piperidine rings is 1. The molecular weight excluding hydrogens is 441 g/mol. The molecule has 1 aromatic carbocycles. The van der Waals surface area contributed by atoms with E-state index in [1.165, 1.54) is 5.69 Å². The number of nitrogens with zero attached hydrogens (tertiary/aromatic N) is 3. The molecule has 144 valence electrons. The van der Waals surface area contributed by atoms with Gasteiger partial charge in [-0.1, -0.05) is 24.3 Å². The van der Waals surface area contributed by atoms with Gasteiger partial charge in [-0.25, -0.2) is 4.99 Å². The second kappa shape index (κ2) is 11.8. The molecule has 1 heterocycles. The summed E-state index contributed by atoms with van der Waals surface area (Å²) in [6, 6.07) is 10.7. The number of hydrogen-bond donors (Lipinski definition) is 2. The predicted octanol–water partition coefficient (Wildman–Crippen LogP) is 2.08. The molecule has 0 radical (unpaired) electrons. The summed E-state index contributed by atoms with van der Waals surface area (Å²) in [5.41, 5.74) is 1.24. The molecule has 0 aromatic heterocycles. The summed E-state index contributed by atoms with van der Waals surface area (Å²) in [4.78, 5) is 20.1. The van der Waals surface area contributed by atoms with E-state index in [-0.39, 0.29) is 36.4 Å². The van der Waals surface area contributed by atoms with Gasteiger partial charge >= 0.3 is 0 Å². The third-order valence-corrected chi connectivity index (χ3v) is 4.17. The molecule has 0 aliphatic carbocycles. The highest BCUT2D eigenvalue weighted by atomic mass is 127. The number of hydrogen-bond acceptors (Lipinski definition) is 3. The van der Waals surface area contributed by atoms with Gasteiger partial charge in [-0.05, 0) is 25.0 Å². The van der Waals surface area contributed by atoms with Gasteiger partial charge in [0.2, 0.25) is 5.91 Å². The van der Waals surface area contributed by atoms with Gasteiger partial charge in [-0.2, -0.15) is 0 Å². The Morgan fingerprint density at radius 3 is 2.77 bits per heavy atom. The summed E-state index contributed by atoms with van der Waals surface area (Å²) in [6.07, 6.45) is 3.99. The molecule has 7 heteroatoms. The molecule has 1 saturated heterocycles. The van der Waals surface area contributed by atoms with E-state index in [4.69, 9.17) is 0 Å². The minimum Gasteiger partial charge on any atom is -0.369 e. The van der Waals surface area contributed by atoms with Crippen molar-refractivity contribution in [3.8, 4) is 0 Å². The van der Waals surface area contributed by atoms with Crippen LogP contribution in [0.15, 0.2) is 48.0 Å². The van der Waals surface area contributed by atoms with E-state index in [1.54, 1.807) is 25.1 Å². The number of anilines is 1. The molecule has 2 rings (SSSR count). The number of carbonyl (C=O) groups excluding carboxylic acids is 1. The van der Waals surface area contributed by atoms with E-state index in [9.17, 15) is 4.79 Å². The molecule has 0 spiro atoms. The Morgan fingerprint density at radius 2 is 2.12 bits per heavy atom. The van der Waals surface area contributed by atoms with Crippen LogP contribution in [0.2, 0.25) is 0 Å². The normalized spacial score (nSPS) is 17.1. The number of halogens is 1. The zero-order valence-electron chi connectivity index (χ0n) is 15.6. The lowest BCUT2D eigenvalue weighted by Crippen LogP contribution is -2.51. The van der Waals surface area contributed by atoms with Crippen molar-refractivity contribution in [2.45, 2.75) is 18.9 Å². The number of carbonyl (C=O) groups is 1. The topological polar surface area (TPSA) is 60.0 Å². The number of nitrogens with one attached hydrogen (secondary N) is 2. The standard InChI is InChI=1S/C19H29N5O.HI/c1-4-12-20-19(21-14-18(25)23(2)3)22-16-9-8-13-24(15-16)17-10-6-5-7-11-17;/h4-7,10-11,16H,1,8-9,12-15H2,2-3H3,(H2,20,21,22);1H. The average Bonchev–Trinajstić information content (AvgIpc) is 2.64. The molecule has 1 fully saturated rings. The molecule has 2 N–H and O–H groups in total. The molecule has 1 aliphatic rings. The number of para-hydroxylation sites is 1. The van der Waals surface area contributed by atoms with Gasteiger partial charge in [0.25, 0.3) is 0 Å². The molecule has 1 atom stereocenters. The largest absolute Gasteiger partial charge is 0.369 e. The lowest BCUT2D eigenvalue weighted by molar-refractivity contribution is -0.127. The van der Waals surface area contributed by atoms with Gasteiger partial charge < -0.3 is 20.4 Å². The number of benzene rings is 1. The van der Waals surface area contributed by atoms with Crippen molar-refractivity contribution in [3.05, 3.63) is 43.0 Å². The fourth-order valence-corrected chi connectivity index (χ4v) is 2.77. The summed E-state index contributed by atoms with van der Waals surface area (Å²) < 4.78 is 0. The van der Waals surface area contributed by atoms with E-state index in [1.807, 2.05) is 6.07 Å². The van der Waals surface area contributed by atoms with Crippen LogP contribution in [0.5, 0.6) is 0 Å². The number of aliphatic imine (C=N–C) groups is 1. The van der Waals surface area contributed by atoms with Gasteiger partial charge in [0.15, 0.2) is 5.96 Å². The van der Waals surface area contributed by atoms with Crippen molar-refractivity contribution in [3.63, 3.8) is 0 Å². The first-order valence-electron chi connectivity index (χ1n) is 8.76. The molecule has 26 heavy (non-hydrogen) atoms. The molecule has 1 unspecified atom stereocenters. The first-order valence-corrected chi connectivity index (χ1v) is 8.76. The Hall–Kier alpha value is -1.77. The molecule has 0 saturated carbocycles. The Bertz CT molecular complexity index is 591. The van der Waals surface area contributed by atoms with Crippen LogP contribution in [0.3, 0.4) is 0 Å². The molecule has 1 aromatic rings. The van der Waals surface area contributed by atoms with E-state index in [0.717, 1.165) is 25.9 Å². The van der Waals surface area contributed by atoms with Crippen molar-refractivity contribution in [1.82, 2.24) is 15.5 Å². The van der Waals surface area contributed by atoms with Crippen LogP contribution in [0.1, 0.15) is 12.8 Å². The Balaban J connectivity index is 0.00000338. The quantitative estimate of drug-likeness (QED) is 0.289. The highest BCUT2D eigenvalue weighted by Crippen LogP contribution is 2.19. The zero-order valence-corrected chi connectivity index (χ0v) is 18.0. The van der Waals surface area contributed by atoms with Crippen molar-refractivity contribution >= 4 is 41.5 Å². The summed E-state index contributed by atoms with van der Waals surface area (Å²) in [6.45, 7) is 6.45. The van der Waals surface area contributed by atoms with Crippen LogP contribution in [0.4, 0.5) is 5.69 Å². The number of rotatable bonds is 6. The maximum absolute atomic E-state index is 11.8. The molecule has 0 bridgehead atoms. The van der Waals surface area contributed by atoms with E-state index >= 15 is 0 Å². The van der Waals surface area contributed by atoms with Crippen LogP contribution < -0.4 is 15.5 Å². The fraction of sp³-hybridized carbons (Fsp3) is 0.474. The van der Waals surface area contributed by atoms with Crippen molar-refractivity contribution in [2.24, 2.45) is 4.99 Å². The first kappa shape index (κ1) is 22.3. The Kier molecular flexibility index (Phi) is 10.1. The van der Waals surface area contributed by atoms with Crippen molar-refractivity contribution in [1.29, 1.82) is 0 Å². The van der Waals surface area contributed by atoms with Crippen LogP contribution in [0.25, 0.3) is 0 Å². The summed E-state index contributed by atoms with van der Waals surface area (Å²) in [5, 5.41) is 6.66. The fourth-order valence-electron chi connectivity index (χ4n) is 2.77. The van der Waals surface area contributed by atoms with E-state index in [2.05, 4.69) is 51.4 Å². The maximum atomic E-state index is 11.8. The lowest BCUT2D eigenvalue weighted by Gasteiger charge is -2.35. The summed E-state index contributed by atoms with van der Waals surface area (Å²) in [7, 11) is 3.47. The summed E-state index contributed by atoms with van der Waals surface area (Å²) >= 11 is 0. The molecule has 1 amide bonds. The maximum Gasteiger partial charge on any atom is 0.243 e. The minimum absolute atomic E-state index is 0. The second-order valence-corrected chi connectivity index (χ2v) is 6.39. The Morgan fingerprint density at radius 1 is 1.38 bits per heavy atom. The Labute approximate surface area is 173 Å². The zero-order chi connectivity index (χ0) is 18.1.